The van der Waals surface area contributed by atoms with Gasteiger partial charge in [0.15, 0.2) is 0 Å². The molecule has 0 nitrogen and oxygen atoms in total. The third kappa shape index (κ3) is 3.70. The van der Waals surface area contributed by atoms with E-state index in [9.17, 15) is 0 Å². The van der Waals surface area contributed by atoms with Crippen LogP contribution in [0.1, 0.15) is 71.6 Å². The number of hydrogen-bond donors (Lipinski definition) is 0. The molecule has 1 aliphatic rings. The molecule has 1 atom stereocenters. The Kier molecular flexibility index (Phi) is 5.23. The van der Waals surface area contributed by atoms with E-state index >= 15 is 0 Å². The Labute approximate surface area is 151 Å². The molecule has 1 heteroatoms. The molecule has 0 aromatic heterocycles. The highest BCUT2D eigenvalue weighted by Gasteiger charge is 2.49. The Bertz CT molecular complexity index is 650. The van der Waals surface area contributed by atoms with Crippen molar-refractivity contribution in [1.29, 1.82) is 0 Å². The van der Waals surface area contributed by atoms with E-state index in [0.717, 1.165) is 6.42 Å². The van der Waals surface area contributed by atoms with Gasteiger partial charge in [-0.1, -0.05) is 98.4 Å². The number of benzene rings is 1. The fourth-order valence-electron chi connectivity index (χ4n) is 4.95. The third-order valence-electron chi connectivity index (χ3n) is 5.00. The summed E-state index contributed by atoms with van der Waals surface area (Å²) in [5, 5.41) is 0.830. The standard InChI is InChI=1S/C23H35P/c1-17-13-14-19(18(2)16-17)20-12-10-11-15-23(20,9)24(21(3,4)5)22(6,7)8/h10-14,16H,15H2,1-9H3/t23-/m0/s1. The summed E-state index contributed by atoms with van der Waals surface area (Å²) in [6.07, 6.45) is 8.16. The van der Waals surface area contributed by atoms with Crippen molar-refractivity contribution in [3.05, 3.63) is 53.1 Å². The Morgan fingerprint density at radius 1 is 0.958 bits per heavy atom. The van der Waals surface area contributed by atoms with Gasteiger partial charge in [0.05, 0.1) is 0 Å². The second-order valence-corrected chi connectivity index (χ2v) is 13.8. The van der Waals surface area contributed by atoms with Crippen LogP contribution in [0.25, 0.3) is 5.57 Å². The van der Waals surface area contributed by atoms with Gasteiger partial charge in [-0.25, -0.2) is 0 Å². The first-order chi connectivity index (χ1) is 10.9. The van der Waals surface area contributed by atoms with E-state index in [2.05, 4.69) is 98.7 Å². The summed E-state index contributed by atoms with van der Waals surface area (Å²) in [4.78, 5) is 0. The number of allylic oxidation sites excluding steroid dienone is 4. The van der Waals surface area contributed by atoms with Crippen molar-refractivity contribution in [2.24, 2.45) is 0 Å². The molecule has 0 radical (unpaired) electrons. The Balaban J connectivity index is 2.65. The molecule has 0 saturated carbocycles. The first-order valence-corrected chi connectivity index (χ1v) is 10.5. The zero-order valence-corrected chi connectivity index (χ0v) is 18.0. The number of hydrogen-bond acceptors (Lipinski definition) is 0. The zero-order valence-electron chi connectivity index (χ0n) is 17.1. The Morgan fingerprint density at radius 3 is 2.04 bits per heavy atom. The van der Waals surface area contributed by atoms with Crippen LogP contribution in [-0.4, -0.2) is 15.5 Å². The van der Waals surface area contributed by atoms with Gasteiger partial charge in [-0.15, -0.1) is 0 Å². The van der Waals surface area contributed by atoms with Gasteiger partial charge in [-0.05, 0) is 47.3 Å². The van der Waals surface area contributed by atoms with Gasteiger partial charge in [0.1, 0.15) is 0 Å². The largest absolute Gasteiger partial charge is 0.0847 e. The maximum Gasteiger partial charge on any atom is 0.0176 e. The predicted octanol–water partition coefficient (Wildman–Crippen LogP) is 7.48. The van der Waals surface area contributed by atoms with Crippen molar-refractivity contribution in [3.8, 4) is 0 Å². The molecule has 0 amide bonds. The molecule has 0 bridgehead atoms. The highest BCUT2D eigenvalue weighted by Crippen LogP contribution is 2.72. The average molecular weight is 343 g/mol. The molecule has 0 unspecified atom stereocenters. The quantitative estimate of drug-likeness (QED) is 0.488. The van der Waals surface area contributed by atoms with E-state index < -0.39 is 0 Å². The van der Waals surface area contributed by atoms with E-state index in [4.69, 9.17) is 0 Å². The summed E-state index contributed by atoms with van der Waals surface area (Å²) in [6.45, 7) is 21.6. The Morgan fingerprint density at radius 2 is 1.54 bits per heavy atom. The molecule has 1 aromatic rings. The van der Waals surface area contributed by atoms with Crippen molar-refractivity contribution in [1.82, 2.24) is 0 Å². The molecule has 0 saturated heterocycles. The topological polar surface area (TPSA) is 0 Å². The summed E-state index contributed by atoms with van der Waals surface area (Å²) < 4.78 is 0. The van der Waals surface area contributed by atoms with Gasteiger partial charge < -0.3 is 0 Å². The molecule has 1 aliphatic carbocycles. The van der Waals surface area contributed by atoms with Crippen LogP contribution >= 0.6 is 7.92 Å². The second-order valence-electron chi connectivity index (χ2n) is 9.48. The number of aryl methyl sites for hydroxylation is 2. The van der Waals surface area contributed by atoms with Crippen LogP contribution in [0.15, 0.2) is 36.4 Å². The van der Waals surface area contributed by atoms with Crippen LogP contribution in [0.5, 0.6) is 0 Å². The first-order valence-electron chi connectivity index (χ1n) is 9.13. The zero-order chi connectivity index (χ0) is 18.3. The highest BCUT2D eigenvalue weighted by molar-refractivity contribution is 7.63. The highest BCUT2D eigenvalue weighted by atomic mass is 31.1. The molecule has 0 N–H and O–H groups in total. The molecular formula is C23H35P. The molecule has 132 valence electrons. The van der Waals surface area contributed by atoms with Crippen LogP contribution in [0.4, 0.5) is 0 Å². The monoisotopic (exact) mass is 342 g/mol. The third-order valence-corrected chi connectivity index (χ3v) is 9.10. The summed E-state index contributed by atoms with van der Waals surface area (Å²) in [5.74, 6) is 0. The Hall–Kier alpha value is -0.870. The van der Waals surface area contributed by atoms with E-state index in [0.29, 0.717) is 10.3 Å². The van der Waals surface area contributed by atoms with Crippen LogP contribution in [-0.2, 0) is 0 Å². The van der Waals surface area contributed by atoms with E-state index in [-0.39, 0.29) is 13.1 Å². The van der Waals surface area contributed by atoms with Gasteiger partial charge in [-0.3, -0.25) is 0 Å². The van der Waals surface area contributed by atoms with Crippen LogP contribution < -0.4 is 0 Å². The van der Waals surface area contributed by atoms with Crippen molar-refractivity contribution in [2.75, 3.05) is 0 Å². The van der Waals surface area contributed by atoms with Crippen LogP contribution in [0.2, 0.25) is 0 Å². The lowest BCUT2D eigenvalue weighted by atomic mass is 9.85. The van der Waals surface area contributed by atoms with Crippen molar-refractivity contribution in [3.63, 3.8) is 0 Å². The van der Waals surface area contributed by atoms with Gasteiger partial charge in [0.2, 0.25) is 0 Å². The van der Waals surface area contributed by atoms with Gasteiger partial charge in [0.25, 0.3) is 0 Å². The van der Waals surface area contributed by atoms with Gasteiger partial charge in [0, 0.05) is 5.16 Å². The van der Waals surface area contributed by atoms with Crippen molar-refractivity contribution >= 4 is 13.5 Å². The maximum atomic E-state index is 2.52. The maximum absolute atomic E-state index is 2.52. The molecule has 24 heavy (non-hydrogen) atoms. The van der Waals surface area contributed by atoms with Crippen LogP contribution in [0, 0.1) is 13.8 Å². The van der Waals surface area contributed by atoms with E-state index in [1.165, 1.54) is 16.7 Å². The normalized spacial score (nSPS) is 22.0. The minimum atomic E-state index is -0.245. The molecule has 0 aliphatic heterocycles. The summed E-state index contributed by atoms with van der Waals surface area (Å²) >= 11 is 0. The first kappa shape index (κ1) is 19.5. The lowest BCUT2D eigenvalue weighted by Crippen LogP contribution is -2.40. The molecule has 1 aromatic carbocycles. The fourth-order valence-corrected chi connectivity index (χ4v) is 10.6. The molecule has 2 rings (SSSR count). The minimum absolute atomic E-state index is 0.209. The lowest BCUT2D eigenvalue weighted by Gasteiger charge is -2.54. The summed E-state index contributed by atoms with van der Waals surface area (Å²) in [6, 6.07) is 6.93. The SMILES string of the molecule is Cc1ccc(C2=CC=CC[C@]2(C)P(C(C)(C)C)C(C)(C)C)c(C)c1. The summed E-state index contributed by atoms with van der Waals surface area (Å²) in [5.41, 5.74) is 5.73. The van der Waals surface area contributed by atoms with Crippen LogP contribution in [0.3, 0.4) is 0 Å². The fraction of sp³-hybridized carbons (Fsp3) is 0.565. The van der Waals surface area contributed by atoms with Gasteiger partial charge >= 0.3 is 0 Å². The number of rotatable bonds is 2. The molecule has 0 fully saturated rings. The van der Waals surface area contributed by atoms with Crippen molar-refractivity contribution < 1.29 is 0 Å². The smallest absolute Gasteiger partial charge is 0.0176 e. The molecular weight excluding hydrogens is 307 g/mol. The molecule has 0 heterocycles. The van der Waals surface area contributed by atoms with Crippen molar-refractivity contribution in [2.45, 2.75) is 84.2 Å². The molecule has 0 spiro atoms. The summed E-state index contributed by atoms with van der Waals surface area (Å²) in [7, 11) is -0.245. The van der Waals surface area contributed by atoms with Gasteiger partial charge in [-0.2, -0.15) is 0 Å². The lowest BCUT2D eigenvalue weighted by molar-refractivity contribution is 0.653. The van der Waals surface area contributed by atoms with E-state index in [1.54, 1.807) is 5.57 Å². The van der Waals surface area contributed by atoms with E-state index in [1.807, 2.05) is 0 Å². The minimum Gasteiger partial charge on any atom is -0.0847 e. The second kappa shape index (κ2) is 6.45. The average Bonchev–Trinajstić information content (AvgIpc) is 2.36. The predicted molar refractivity (Wildman–Crippen MR) is 112 cm³/mol.